The third kappa shape index (κ3) is 3.73. The first kappa shape index (κ1) is 9.01. The van der Waals surface area contributed by atoms with Crippen LogP contribution in [0.2, 0.25) is 0 Å². The van der Waals surface area contributed by atoms with Crippen LogP contribution in [0.5, 0.6) is 0 Å². The Morgan fingerprint density at radius 3 is 3.00 bits per heavy atom. The van der Waals surface area contributed by atoms with Crippen molar-refractivity contribution in [2.24, 2.45) is 0 Å². The van der Waals surface area contributed by atoms with Crippen molar-refractivity contribution in [3.63, 3.8) is 0 Å². The average molecular weight is 158 g/mol. The summed E-state index contributed by atoms with van der Waals surface area (Å²) >= 11 is 0. The molecular formula is C9H18O2. The van der Waals surface area contributed by atoms with Crippen LogP contribution in [0.4, 0.5) is 0 Å². The first-order chi connectivity index (χ1) is 5.29. The van der Waals surface area contributed by atoms with Gasteiger partial charge in [-0.2, -0.15) is 0 Å². The lowest BCUT2D eigenvalue weighted by atomic mass is 10.1. The molecule has 0 amide bonds. The van der Waals surface area contributed by atoms with E-state index in [1.807, 2.05) is 6.92 Å². The molecule has 2 nitrogen and oxygen atoms in total. The number of aliphatic hydroxyl groups excluding tert-OH is 1. The lowest BCUT2D eigenvalue weighted by Crippen LogP contribution is -2.17. The molecule has 1 heterocycles. The van der Waals surface area contributed by atoms with E-state index in [-0.39, 0.29) is 6.10 Å². The maximum atomic E-state index is 9.12. The average Bonchev–Trinajstić information content (AvgIpc) is 2.14. The predicted molar refractivity (Wildman–Crippen MR) is 44.5 cm³/mol. The molecule has 11 heavy (non-hydrogen) atoms. The van der Waals surface area contributed by atoms with Crippen molar-refractivity contribution in [3.05, 3.63) is 0 Å². The minimum absolute atomic E-state index is 0.210. The van der Waals surface area contributed by atoms with Gasteiger partial charge in [-0.25, -0.2) is 0 Å². The van der Waals surface area contributed by atoms with Crippen molar-refractivity contribution >= 4 is 0 Å². The molecule has 1 N–H and O–H groups in total. The highest BCUT2D eigenvalue weighted by atomic mass is 16.5. The summed E-state index contributed by atoms with van der Waals surface area (Å²) in [6.07, 6.45) is 5.78. The van der Waals surface area contributed by atoms with Crippen LogP contribution in [0.15, 0.2) is 0 Å². The minimum atomic E-state index is -0.210. The fourth-order valence-corrected chi connectivity index (χ4v) is 1.55. The van der Waals surface area contributed by atoms with Gasteiger partial charge in [-0.15, -0.1) is 0 Å². The van der Waals surface area contributed by atoms with E-state index in [9.17, 15) is 0 Å². The summed E-state index contributed by atoms with van der Waals surface area (Å²) in [5.74, 6) is 0. The van der Waals surface area contributed by atoms with Gasteiger partial charge in [0.05, 0.1) is 12.2 Å². The topological polar surface area (TPSA) is 29.5 Å². The fraction of sp³-hybridized carbons (Fsp3) is 1.00. The Hall–Kier alpha value is -0.0800. The molecule has 1 aliphatic rings. The summed E-state index contributed by atoms with van der Waals surface area (Å²) in [6.45, 7) is 2.71. The number of hydrogen-bond acceptors (Lipinski definition) is 2. The van der Waals surface area contributed by atoms with Crippen LogP contribution < -0.4 is 0 Å². The number of rotatable bonds is 2. The Morgan fingerprint density at radius 1 is 1.45 bits per heavy atom. The zero-order valence-corrected chi connectivity index (χ0v) is 7.25. The van der Waals surface area contributed by atoms with Gasteiger partial charge in [0.15, 0.2) is 0 Å². The number of aliphatic hydroxyl groups is 1. The van der Waals surface area contributed by atoms with Gasteiger partial charge in [0.2, 0.25) is 0 Å². The zero-order chi connectivity index (χ0) is 8.10. The molecule has 1 fully saturated rings. The lowest BCUT2D eigenvalue weighted by Gasteiger charge is -2.15. The largest absolute Gasteiger partial charge is 0.393 e. The Labute approximate surface area is 68.6 Å². The molecule has 0 aromatic carbocycles. The Kier molecular flexibility index (Phi) is 3.87. The van der Waals surface area contributed by atoms with E-state index >= 15 is 0 Å². The van der Waals surface area contributed by atoms with E-state index in [0.29, 0.717) is 6.10 Å². The Morgan fingerprint density at radius 2 is 2.27 bits per heavy atom. The summed E-state index contributed by atoms with van der Waals surface area (Å²) in [6, 6.07) is 0. The van der Waals surface area contributed by atoms with E-state index in [2.05, 4.69) is 0 Å². The van der Waals surface area contributed by atoms with Crippen molar-refractivity contribution in [1.82, 2.24) is 0 Å². The van der Waals surface area contributed by atoms with Crippen LogP contribution in [-0.2, 0) is 4.74 Å². The van der Waals surface area contributed by atoms with Gasteiger partial charge in [0, 0.05) is 6.61 Å². The maximum absolute atomic E-state index is 9.12. The SMILES string of the molecule is CC(O)CC1CCCCCO1. The summed E-state index contributed by atoms with van der Waals surface area (Å²) < 4.78 is 5.55. The molecule has 2 atom stereocenters. The van der Waals surface area contributed by atoms with Crippen molar-refractivity contribution in [2.45, 2.75) is 51.2 Å². The molecule has 0 aliphatic carbocycles. The summed E-state index contributed by atoms with van der Waals surface area (Å²) in [4.78, 5) is 0. The van der Waals surface area contributed by atoms with Crippen LogP contribution in [0, 0.1) is 0 Å². The molecular weight excluding hydrogens is 140 g/mol. The molecule has 0 radical (unpaired) electrons. The normalized spacial score (nSPS) is 29.5. The predicted octanol–water partition coefficient (Wildman–Crippen LogP) is 1.72. The van der Waals surface area contributed by atoms with E-state index in [1.165, 1.54) is 19.3 Å². The second-order valence-corrected chi connectivity index (χ2v) is 3.43. The van der Waals surface area contributed by atoms with E-state index in [0.717, 1.165) is 19.4 Å². The van der Waals surface area contributed by atoms with Gasteiger partial charge in [-0.3, -0.25) is 0 Å². The number of hydrogen-bond donors (Lipinski definition) is 1. The van der Waals surface area contributed by atoms with Gasteiger partial charge >= 0.3 is 0 Å². The molecule has 1 rings (SSSR count). The quantitative estimate of drug-likeness (QED) is 0.663. The highest BCUT2D eigenvalue weighted by Crippen LogP contribution is 2.16. The van der Waals surface area contributed by atoms with Gasteiger partial charge in [0.1, 0.15) is 0 Å². The van der Waals surface area contributed by atoms with Crippen molar-refractivity contribution < 1.29 is 9.84 Å². The maximum Gasteiger partial charge on any atom is 0.0599 e. The van der Waals surface area contributed by atoms with Gasteiger partial charge in [0.25, 0.3) is 0 Å². The van der Waals surface area contributed by atoms with Crippen LogP contribution >= 0.6 is 0 Å². The van der Waals surface area contributed by atoms with Crippen molar-refractivity contribution in [2.75, 3.05) is 6.61 Å². The fourth-order valence-electron chi connectivity index (χ4n) is 1.55. The molecule has 0 spiro atoms. The van der Waals surface area contributed by atoms with Crippen LogP contribution in [0.1, 0.15) is 39.0 Å². The van der Waals surface area contributed by atoms with Crippen LogP contribution in [0.25, 0.3) is 0 Å². The highest BCUT2D eigenvalue weighted by molar-refractivity contribution is 4.65. The molecule has 0 aromatic heterocycles. The van der Waals surface area contributed by atoms with Crippen molar-refractivity contribution in [3.8, 4) is 0 Å². The third-order valence-corrected chi connectivity index (χ3v) is 2.13. The highest BCUT2D eigenvalue weighted by Gasteiger charge is 2.14. The molecule has 2 unspecified atom stereocenters. The minimum Gasteiger partial charge on any atom is -0.393 e. The summed E-state index contributed by atoms with van der Waals surface area (Å²) in [7, 11) is 0. The smallest absolute Gasteiger partial charge is 0.0599 e. The summed E-state index contributed by atoms with van der Waals surface area (Å²) in [5.41, 5.74) is 0. The molecule has 0 saturated carbocycles. The van der Waals surface area contributed by atoms with E-state index < -0.39 is 0 Å². The first-order valence-corrected chi connectivity index (χ1v) is 4.58. The monoisotopic (exact) mass is 158 g/mol. The van der Waals surface area contributed by atoms with E-state index in [1.54, 1.807) is 0 Å². The molecule has 0 aromatic rings. The molecule has 2 heteroatoms. The molecule has 0 bridgehead atoms. The molecule has 66 valence electrons. The van der Waals surface area contributed by atoms with Crippen LogP contribution in [-0.4, -0.2) is 23.9 Å². The van der Waals surface area contributed by atoms with Gasteiger partial charge in [-0.05, 0) is 26.2 Å². The molecule has 1 aliphatic heterocycles. The Balaban J connectivity index is 2.20. The first-order valence-electron chi connectivity index (χ1n) is 4.58. The number of ether oxygens (including phenoxy) is 1. The van der Waals surface area contributed by atoms with Crippen molar-refractivity contribution in [1.29, 1.82) is 0 Å². The second kappa shape index (κ2) is 4.73. The molecule has 1 saturated heterocycles. The summed E-state index contributed by atoms with van der Waals surface area (Å²) in [5, 5.41) is 9.12. The van der Waals surface area contributed by atoms with E-state index in [4.69, 9.17) is 9.84 Å². The van der Waals surface area contributed by atoms with Gasteiger partial charge < -0.3 is 9.84 Å². The second-order valence-electron chi connectivity index (χ2n) is 3.43. The van der Waals surface area contributed by atoms with Gasteiger partial charge in [-0.1, -0.05) is 12.8 Å². The standard InChI is InChI=1S/C9H18O2/c1-8(10)7-9-5-3-2-4-6-11-9/h8-10H,2-7H2,1H3. The lowest BCUT2D eigenvalue weighted by molar-refractivity contribution is 0.0221. The zero-order valence-electron chi connectivity index (χ0n) is 7.25. The van der Waals surface area contributed by atoms with Crippen LogP contribution in [0.3, 0.4) is 0 Å². The third-order valence-electron chi connectivity index (χ3n) is 2.13. The Bertz CT molecular complexity index is 93.7.